The fourth-order valence-electron chi connectivity index (χ4n) is 2.12. The van der Waals surface area contributed by atoms with E-state index in [-0.39, 0.29) is 26.2 Å². The summed E-state index contributed by atoms with van der Waals surface area (Å²) in [5.41, 5.74) is 0. The van der Waals surface area contributed by atoms with Crippen LogP contribution in [0, 0.1) is 0 Å². The molecule has 0 saturated carbocycles. The first-order valence-corrected chi connectivity index (χ1v) is 7.45. The van der Waals surface area contributed by atoms with Gasteiger partial charge >= 0.3 is 5.97 Å². The molecule has 1 aliphatic rings. The number of aliphatic carboxylic acids is 1. The highest BCUT2D eigenvalue weighted by atomic mass is 32.2. The summed E-state index contributed by atoms with van der Waals surface area (Å²) in [6.45, 7) is 1.81. The van der Waals surface area contributed by atoms with Crippen LogP contribution >= 0.6 is 0 Å². The molecule has 1 saturated heterocycles. The molecule has 1 fully saturated rings. The minimum Gasteiger partial charge on any atom is -0.480 e. The standard InChI is InChI=1S/C10H20N2O5S/c1-2-11(7-8-13)18(16,17)12-6-4-3-5-9(12)10(14)15/h9,13H,2-8H2,1H3,(H,14,15). The van der Waals surface area contributed by atoms with Gasteiger partial charge in [0.25, 0.3) is 10.2 Å². The van der Waals surface area contributed by atoms with Crippen molar-refractivity contribution in [3.8, 4) is 0 Å². The average Bonchev–Trinajstić information content (AvgIpc) is 2.35. The van der Waals surface area contributed by atoms with Crippen LogP contribution in [-0.4, -0.2) is 65.5 Å². The monoisotopic (exact) mass is 280 g/mol. The van der Waals surface area contributed by atoms with Gasteiger partial charge in [-0.25, -0.2) is 0 Å². The number of hydrogen-bond donors (Lipinski definition) is 2. The summed E-state index contributed by atoms with van der Waals surface area (Å²) in [6, 6.07) is -0.989. The number of carboxylic acids is 1. The lowest BCUT2D eigenvalue weighted by Gasteiger charge is -2.35. The van der Waals surface area contributed by atoms with E-state index in [0.29, 0.717) is 12.8 Å². The van der Waals surface area contributed by atoms with Gasteiger partial charge in [-0.15, -0.1) is 0 Å². The molecule has 1 atom stereocenters. The zero-order valence-electron chi connectivity index (χ0n) is 10.4. The van der Waals surface area contributed by atoms with Crippen molar-refractivity contribution in [2.45, 2.75) is 32.2 Å². The Hall–Kier alpha value is -0.700. The molecule has 0 aliphatic carbocycles. The summed E-state index contributed by atoms with van der Waals surface area (Å²) in [5.74, 6) is -1.11. The number of carboxylic acid groups (broad SMARTS) is 1. The van der Waals surface area contributed by atoms with Crippen LogP contribution < -0.4 is 0 Å². The summed E-state index contributed by atoms with van der Waals surface area (Å²) in [7, 11) is -3.80. The molecular formula is C10H20N2O5S. The van der Waals surface area contributed by atoms with Gasteiger partial charge in [0.1, 0.15) is 6.04 Å². The third kappa shape index (κ3) is 3.19. The van der Waals surface area contributed by atoms with Crippen molar-refractivity contribution < 1.29 is 23.4 Å². The van der Waals surface area contributed by atoms with E-state index in [1.165, 1.54) is 0 Å². The number of piperidine rings is 1. The Morgan fingerprint density at radius 1 is 1.44 bits per heavy atom. The van der Waals surface area contributed by atoms with E-state index >= 15 is 0 Å². The van der Waals surface area contributed by atoms with E-state index in [1.54, 1.807) is 6.92 Å². The summed E-state index contributed by atoms with van der Waals surface area (Å²) in [4.78, 5) is 11.1. The lowest BCUT2D eigenvalue weighted by molar-refractivity contribution is -0.142. The molecule has 0 aromatic rings. The molecule has 0 spiro atoms. The average molecular weight is 280 g/mol. The summed E-state index contributed by atoms with van der Waals surface area (Å²) >= 11 is 0. The van der Waals surface area contributed by atoms with Gasteiger partial charge in [0.05, 0.1) is 6.61 Å². The van der Waals surface area contributed by atoms with Gasteiger partial charge in [0.2, 0.25) is 0 Å². The Labute approximate surface area is 107 Å². The maximum Gasteiger partial charge on any atom is 0.322 e. The SMILES string of the molecule is CCN(CCO)S(=O)(=O)N1CCCCC1C(=O)O. The number of hydrogen-bond acceptors (Lipinski definition) is 4. The van der Waals surface area contributed by atoms with Crippen LogP contribution in [0.3, 0.4) is 0 Å². The minimum absolute atomic E-state index is 0.0122. The van der Waals surface area contributed by atoms with Crippen molar-refractivity contribution in [3.05, 3.63) is 0 Å². The van der Waals surface area contributed by atoms with Crippen LogP contribution in [0.15, 0.2) is 0 Å². The van der Waals surface area contributed by atoms with Crippen molar-refractivity contribution >= 4 is 16.2 Å². The van der Waals surface area contributed by atoms with Gasteiger partial charge < -0.3 is 10.2 Å². The molecule has 106 valence electrons. The topological polar surface area (TPSA) is 98.2 Å². The maximum atomic E-state index is 12.3. The zero-order chi connectivity index (χ0) is 13.8. The van der Waals surface area contributed by atoms with E-state index in [0.717, 1.165) is 15.0 Å². The van der Waals surface area contributed by atoms with E-state index in [1.807, 2.05) is 0 Å². The lowest BCUT2D eigenvalue weighted by atomic mass is 10.1. The van der Waals surface area contributed by atoms with Crippen LogP contribution in [-0.2, 0) is 15.0 Å². The third-order valence-corrected chi connectivity index (χ3v) is 5.19. The van der Waals surface area contributed by atoms with Gasteiger partial charge in [-0.3, -0.25) is 4.79 Å². The van der Waals surface area contributed by atoms with E-state index in [9.17, 15) is 13.2 Å². The fraction of sp³-hybridized carbons (Fsp3) is 0.900. The second-order valence-corrected chi connectivity index (χ2v) is 6.06. The zero-order valence-corrected chi connectivity index (χ0v) is 11.3. The van der Waals surface area contributed by atoms with E-state index in [2.05, 4.69) is 0 Å². The van der Waals surface area contributed by atoms with Gasteiger partial charge in [-0.05, 0) is 19.3 Å². The molecule has 1 heterocycles. The largest absolute Gasteiger partial charge is 0.480 e. The maximum absolute atomic E-state index is 12.3. The van der Waals surface area contributed by atoms with Crippen molar-refractivity contribution in [3.63, 3.8) is 0 Å². The Balaban J connectivity index is 2.96. The highest BCUT2D eigenvalue weighted by Gasteiger charge is 2.39. The molecule has 18 heavy (non-hydrogen) atoms. The first-order valence-electron chi connectivity index (χ1n) is 6.05. The molecule has 0 aromatic carbocycles. The van der Waals surface area contributed by atoms with E-state index < -0.39 is 22.2 Å². The molecule has 8 heteroatoms. The molecule has 0 radical (unpaired) electrons. The summed E-state index contributed by atoms with van der Waals surface area (Å²) in [5, 5.41) is 17.9. The number of carbonyl (C=O) groups is 1. The second-order valence-electron chi connectivity index (χ2n) is 4.18. The number of aliphatic hydroxyl groups is 1. The van der Waals surface area contributed by atoms with Crippen molar-refractivity contribution in [2.75, 3.05) is 26.2 Å². The molecule has 0 amide bonds. The predicted octanol–water partition coefficient (Wildman–Crippen LogP) is -0.515. The number of nitrogens with zero attached hydrogens (tertiary/aromatic N) is 2. The highest BCUT2D eigenvalue weighted by molar-refractivity contribution is 7.86. The lowest BCUT2D eigenvalue weighted by Crippen LogP contribution is -2.53. The highest BCUT2D eigenvalue weighted by Crippen LogP contribution is 2.22. The first-order chi connectivity index (χ1) is 8.45. The smallest absolute Gasteiger partial charge is 0.322 e. The Morgan fingerprint density at radius 3 is 2.61 bits per heavy atom. The predicted molar refractivity (Wildman–Crippen MR) is 65.2 cm³/mol. The normalized spacial score (nSPS) is 22.3. The third-order valence-electron chi connectivity index (χ3n) is 3.06. The minimum atomic E-state index is -3.80. The fourth-order valence-corrected chi connectivity index (χ4v) is 3.94. The van der Waals surface area contributed by atoms with Crippen LogP contribution in [0.1, 0.15) is 26.2 Å². The van der Waals surface area contributed by atoms with Crippen LogP contribution in [0.5, 0.6) is 0 Å². The second kappa shape index (κ2) is 6.46. The molecule has 2 N–H and O–H groups in total. The molecule has 1 rings (SSSR count). The van der Waals surface area contributed by atoms with Crippen LogP contribution in [0.4, 0.5) is 0 Å². The number of likely N-dealkylation sites (N-methyl/N-ethyl adjacent to an activating group) is 1. The molecule has 7 nitrogen and oxygen atoms in total. The molecule has 0 aromatic heterocycles. The number of aliphatic hydroxyl groups excluding tert-OH is 1. The Bertz CT molecular complexity index is 384. The molecule has 1 unspecified atom stereocenters. The Morgan fingerprint density at radius 2 is 2.11 bits per heavy atom. The molecule has 1 aliphatic heterocycles. The Kier molecular flexibility index (Phi) is 5.51. The first kappa shape index (κ1) is 15.4. The summed E-state index contributed by atoms with van der Waals surface area (Å²) < 4.78 is 26.7. The quantitative estimate of drug-likeness (QED) is 0.682. The van der Waals surface area contributed by atoms with Crippen molar-refractivity contribution in [1.82, 2.24) is 8.61 Å². The van der Waals surface area contributed by atoms with E-state index in [4.69, 9.17) is 10.2 Å². The van der Waals surface area contributed by atoms with Gasteiger partial charge in [0.15, 0.2) is 0 Å². The van der Waals surface area contributed by atoms with Gasteiger partial charge in [-0.1, -0.05) is 6.92 Å². The summed E-state index contributed by atoms with van der Waals surface area (Å²) in [6.07, 6.45) is 1.72. The van der Waals surface area contributed by atoms with Gasteiger partial charge in [-0.2, -0.15) is 17.0 Å². The van der Waals surface area contributed by atoms with Crippen LogP contribution in [0.25, 0.3) is 0 Å². The molecular weight excluding hydrogens is 260 g/mol. The molecule has 0 bridgehead atoms. The van der Waals surface area contributed by atoms with Crippen LogP contribution in [0.2, 0.25) is 0 Å². The van der Waals surface area contributed by atoms with Crippen molar-refractivity contribution in [2.24, 2.45) is 0 Å². The number of rotatable bonds is 6. The van der Waals surface area contributed by atoms with Crippen molar-refractivity contribution in [1.29, 1.82) is 0 Å². The van der Waals surface area contributed by atoms with Gasteiger partial charge in [0, 0.05) is 19.6 Å².